The van der Waals surface area contributed by atoms with Gasteiger partial charge < -0.3 is 0 Å². The van der Waals surface area contributed by atoms with Gasteiger partial charge in [0.25, 0.3) is 0 Å². The summed E-state index contributed by atoms with van der Waals surface area (Å²) in [5.74, 6) is 0. The van der Waals surface area contributed by atoms with Crippen LogP contribution in [0.25, 0.3) is 0 Å². The Hall–Kier alpha value is -1.16. The molecule has 0 spiro atoms. The number of pyridine rings is 1. The Morgan fingerprint density at radius 3 is 2.54 bits per heavy atom. The highest BCUT2D eigenvalue weighted by molar-refractivity contribution is 7.94. The third-order valence-corrected chi connectivity index (χ3v) is 2.93. The first-order valence-corrected chi connectivity index (χ1v) is 5.38. The van der Waals surface area contributed by atoms with E-state index in [1.807, 2.05) is 0 Å². The maximum atomic E-state index is 11.5. The van der Waals surface area contributed by atoms with Gasteiger partial charge in [-0.3, -0.25) is 0 Å². The van der Waals surface area contributed by atoms with Crippen molar-refractivity contribution < 1.29 is 8.42 Å². The summed E-state index contributed by atoms with van der Waals surface area (Å²) in [6.07, 6.45) is 1.46. The molecule has 1 aromatic rings. The fourth-order valence-electron chi connectivity index (χ4n) is 0.886. The van der Waals surface area contributed by atoms with Crippen LogP contribution in [0, 0.1) is 0 Å². The van der Waals surface area contributed by atoms with Gasteiger partial charge in [-0.15, -0.1) is 0 Å². The Morgan fingerprint density at radius 1 is 1.38 bits per heavy atom. The van der Waals surface area contributed by atoms with Crippen LogP contribution in [0.1, 0.15) is 13.8 Å². The molecule has 0 unspecified atom stereocenters. The zero-order valence-electron chi connectivity index (χ0n) is 7.56. The molecule has 0 bridgehead atoms. The SMILES string of the molecule is CC(C)=CS(=O)(=O)c1ccccn1. The molecule has 0 radical (unpaired) electrons. The molecule has 13 heavy (non-hydrogen) atoms. The highest BCUT2D eigenvalue weighted by Crippen LogP contribution is 2.09. The summed E-state index contributed by atoms with van der Waals surface area (Å²) >= 11 is 0. The molecule has 0 aromatic carbocycles. The lowest BCUT2D eigenvalue weighted by Gasteiger charge is -1.97. The van der Waals surface area contributed by atoms with Crippen molar-refractivity contribution >= 4 is 9.84 Å². The van der Waals surface area contributed by atoms with Crippen LogP contribution in [0.5, 0.6) is 0 Å². The van der Waals surface area contributed by atoms with Gasteiger partial charge in [0, 0.05) is 11.6 Å². The number of allylic oxidation sites excluding steroid dienone is 1. The van der Waals surface area contributed by atoms with E-state index >= 15 is 0 Å². The zero-order valence-corrected chi connectivity index (χ0v) is 8.38. The molecule has 0 fully saturated rings. The molecule has 1 rings (SSSR count). The minimum absolute atomic E-state index is 0.0937. The quantitative estimate of drug-likeness (QED) is 0.726. The number of hydrogen-bond acceptors (Lipinski definition) is 3. The summed E-state index contributed by atoms with van der Waals surface area (Å²) in [6.45, 7) is 3.47. The number of hydrogen-bond donors (Lipinski definition) is 0. The molecule has 0 aliphatic heterocycles. The van der Waals surface area contributed by atoms with E-state index in [0.717, 1.165) is 5.57 Å². The molecule has 3 nitrogen and oxygen atoms in total. The molecule has 1 heterocycles. The second kappa shape index (κ2) is 3.70. The Labute approximate surface area is 78.0 Å². The lowest BCUT2D eigenvalue weighted by molar-refractivity contribution is 0.601. The van der Waals surface area contributed by atoms with Gasteiger partial charge in [-0.1, -0.05) is 11.6 Å². The zero-order chi connectivity index (χ0) is 9.90. The number of nitrogens with zero attached hydrogens (tertiary/aromatic N) is 1. The largest absolute Gasteiger partial charge is 0.244 e. The van der Waals surface area contributed by atoms with Gasteiger partial charge in [0.2, 0.25) is 9.84 Å². The first-order valence-electron chi connectivity index (χ1n) is 3.83. The smallest absolute Gasteiger partial charge is 0.216 e. The van der Waals surface area contributed by atoms with Gasteiger partial charge in [-0.25, -0.2) is 13.4 Å². The topological polar surface area (TPSA) is 47.0 Å². The van der Waals surface area contributed by atoms with E-state index in [1.165, 1.54) is 17.7 Å². The van der Waals surface area contributed by atoms with Crippen molar-refractivity contribution in [3.05, 3.63) is 35.4 Å². The van der Waals surface area contributed by atoms with Crippen LogP contribution < -0.4 is 0 Å². The second-order valence-electron chi connectivity index (χ2n) is 2.91. The summed E-state index contributed by atoms with van der Waals surface area (Å²) in [4.78, 5) is 3.77. The van der Waals surface area contributed by atoms with Crippen molar-refractivity contribution in [1.82, 2.24) is 4.98 Å². The fourth-order valence-corrected chi connectivity index (χ4v) is 2.10. The van der Waals surface area contributed by atoms with Gasteiger partial charge >= 0.3 is 0 Å². The Morgan fingerprint density at radius 2 is 2.08 bits per heavy atom. The molecule has 0 amide bonds. The summed E-state index contributed by atoms with van der Waals surface area (Å²) in [6, 6.07) is 4.81. The molecule has 1 aromatic heterocycles. The maximum absolute atomic E-state index is 11.5. The molecular formula is C9H11NO2S. The van der Waals surface area contributed by atoms with Crippen molar-refractivity contribution in [3.63, 3.8) is 0 Å². The third kappa shape index (κ3) is 2.66. The third-order valence-electron chi connectivity index (χ3n) is 1.32. The molecule has 0 aliphatic rings. The first-order chi connectivity index (χ1) is 6.02. The fraction of sp³-hybridized carbons (Fsp3) is 0.222. The van der Waals surface area contributed by atoms with E-state index in [4.69, 9.17) is 0 Å². The van der Waals surface area contributed by atoms with Crippen LogP contribution in [-0.4, -0.2) is 13.4 Å². The molecule has 70 valence electrons. The minimum atomic E-state index is -3.33. The Bertz CT molecular complexity index is 403. The van der Waals surface area contributed by atoms with Crippen LogP contribution >= 0.6 is 0 Å². The molecule has 4 heteroatoms. The van der Waals surface area contributed by atoms with Gasteiger partial charge in [0.05, 0.1) is 0 Å². The van der Waals surface area contributed by atoms with Gasteiger partial charge in [-0.05, 0) is 26.0 Å². The van der Waals surface area contributed by atoms with Crippen molar-refractivity contribution in [2.75, 3.05) is 0 Å². The van der Waals surface area contributed by atoms with E-state index in [0.29, 0.717) is 0 Å². The van der Waals surface area contributed by atoms with Crippen LogP contribution in [0.4, 0.5) is 0 Å². The monoisotopic (exact) mass is 197 g/mol. The molecule has 0 N–H and O–H groups in total. The van der Waals surface area contributed by atoms with Crippen LogP contribution in [0.15, 0.2) is 40.4 Å². The van der Waals surface area contributed by atoms with E-state index < -0.39 is 9.84 Å². The number of sulfone groups is 1. The minimum Gasteiger partial charge on any atom is -0.244 e. The van der Waals surface area contributed by atoms with Crippen LogP contribution in [0.2, 0.25) is 0 Å². The van der Waals surface area contributed by atoms with Crippen molar-refractivity contribution in [3.8, 4) is 0 Å². The predicted octanol–water partition coefficient (Wildman–Crippen LogP) is 1.78. The molecule has 0 saturated heterocycles. The second-order valence-corrected chi connectivity index (χ2v) is 4.65. The average molecular weight is 197 g/mol. The normalized spacial score (nSPS) is 10.9. The summed E-state index contributed by atoms with van der Waals surface area (Å²) < 4.78 is 23.0. The summed E-state index contributed by atoms with van der Waals surface area (Å²) in [5, 5.41) is 1.31. The maximum Gasteiger partial charge on any atom is 0.216 e. The molecule has 0 atom stereocenters. The van der Waals surface area contributed by atoms with Crippen LogP contribution in [-0.2, 0) is 9.84 Å². The average Bonchev–Trinajstić information content (AvgIpc) is 2.04. The lowest BCUT2D eigenvalue weighted by Crippen LogP contribution is -1.99. The molecular weight excluding hydrogens is 186 g/mol. The Kier molecular flexibility index (Phi) is 2.83. The van der Waals surface area contributed by atoms with Crippen LogP contribution in [0.3, 0.4) is 0 Å². The van der Waals surface area contributed by atoms with Gasteiger partial charge in [0.1, 0.15) is 0 Å². The molecule has 0 saturated carbocycles. The van der Waals surface area contributed by atoms with E-state index in [2.05, 4.69) is 4.98 Å². The van der Waals surface area contributed by atoms with Crippen molar-refractivity contribution in [2.24, 2.45) is 0 Å². The standard InChI is InChI=1S/C9H11NO2S/c1-8(2)7-13(11,12)9-5-3-4-6-10-9/h3-7H,1-2H3. The van der Waals surface area contributed by atoms with Gasteiger partial charge in [0.15, 0.2) is 5.03 Å². The summed E-state index contributed by atoms with van der Waals surface area (Å²) in [7, 11) is -3.33. The van der Waals surface area contributed by atoms with Gasteiger partial charge in [-0.2, -0.15) is 0 Å². The highest BCUT2D eigenvalue weighted by atomic mass is 32.2. The summed E-state index contributed by atoms with van der Waals surface area (Å²) in [5.41, 5.74) is 0.741. The van der Waals surface area contributed by atoms with Crippen molar-refractivity contribution in [2.45, 2.75) is 18.9 Å². The predicted molar refractivity (Wildman–Crippen MR) is 50.9 cm³/mol. The number of rotatable bonds is 2. The Balaban J connectivity index is 3.18. The van der Waals surface area contributed by atoms with E-state index in [-0.39, 0.29) is 5.03 Å². The highest BCUT2D eigenvalue weighted by Gasteiger charge is 2.10. The number of aromatic nitrogens is 1. The van der Waals surface area contributed by atoms with Crippen molar-refractivity contribution in [1.29, 1.82) is 0 Å². The molecule has 0 aliphatic carbocycles. The van der Waals surface area contributed by atoms with E-state index in [9.17, 15) is 8.42 Å². The first kappa shape index (κ1) is 9.92. The van der Waals surface area contributed by atoms with E-state index in [1.54, 1.807) is 26.0 Å². The lowest BCUT2D eigenvalue weighted by atomic mass is 10.4.